The Bertz CT molecular complexity index is 878. The van der Waals surface area contributed by atoms with Gasteiger partial charge in [-0.15, -0.1) is 0 Å². The Labute approximate surface area is 142 Å². The van der Waals surface area contributed by atoms with Gasteiger partial charge in [0.15, 0.2) is 5.76 Å². The fraction of sp³-hybridized carbons (Fsp3) is 0.118. The molecule has 0 unspecified atom stereocenters. The van der Waals surface area contributed by atoms with Crippen molar-refractivity contribution >= 4 is 34.5 Å². The average molecular weight is 341 g/mol. The zero-order valence-electron chi connectivity index (χ0n) is 12.9. The molecular formula is C17H15N3O3S. The van der Waals surface area contributed by atoms with E-state index in [0.29, 0.717) is 0 Å². The second kappa shape index (κ2) is 7.18. The van der Waals surface area contributed by atoms with Crippen LogP contribution in [0, 0.1) is 6.92 Å². The average Bonchev–Trinajstić information content (AvgIpc) is 3.12. The van der Waals surface area contributed by atoms with Crippen LogP contribution in [0.1, 0.15) is 16.1 Å². The number of aromatic nitrogens is 1. The van der Waals surface area contributed by atoms with E-state index in [9.17, 15) is 9.59 Å². The van der Waals surface area contributed by atoms with E-state index in [1.54, 1.807) is 6.07 Å². The predicted octanol–water partition coefficient (Wildman–Crippen LogP) is 2.69. The molecular weight excluding hydrogens is 326 g/mol. The molecule has 0 aliphatic carbocycles. The molecule has 122 valence electrons. The van der Waals surface area contributed by atoms with Gasteiger partial charge in [-0.05, 0) is 36.8 Å². The molecule has 3 rings (SSSR count). The number of hydrogen-bond donors (Lipinski definition) is 2. The van der Waals surface area contributed by atoms with Crippen molar-refractivity contribution in [2.75, 3.05) is 5.75 Å². The molecule has 0 radical (unpaired) electrons. The van der Waals surface area contributed by atoms with Crippen molar-refractivity contribution in [2.24, 2.45) is 0 Å². The number of aryl methyl sites for hydroxylation is 1. The Balaban J connectivity index is 1.55. The fourth-order valence-electron chi connectivity index (χ4n) is 2.16. The highest BCUT2D eigenvalue weighted by molar-refractivity contribution is 7.99. The van der Waals surface area contributed by atoms with Gasteiger partial charge in [0.2, 0.25) is 5.91 Å². The number of thioether (sulfide) groups is 1. The number of hydrogen-bond acceptors (Lipinski definition) is 5. The number of para-hydroxylation sites is 1. The second-order valence-electron chi connectivity index (χ2n) is 5.06. The normalized spacial score (nSPS) is 10.5. The lowest BCUT2D eigenvalue weighted by Gasteiger charge is -2.07. The van der Waals surface area contributed by atoms with Gasteiger partial charge < -0.3 is 4.42 Å². The fourth-order valence-corrected chi connectivity index (χ4v) is 2.94. The summed E-state index contributed by atoms with van der Waals surface area (Å²) in [6.45, 7) is 2.01. The van der Waals surface area contributed by atoms with E-state index >= 15 is 0 Å². The maximum absolute atomic E-state index is 11.8. The Morgan fingerprint density at radius 3 is 2.79 bits per heavy atom. The molecule has 3 aromatic rings. The minimum absolute atomic E-state index is 0.134. The molecule has 24 heavy (non-hydrogen) atoms. The minimum atomic E-state index is -0.502. The van der Waals surface area contributed by atoms with E-state index in [1.807, 2.05) is 37.3 Å². The van der Waals surface area contributed by atoms with E-state index in [2.05, 4.69) is 15.8 Å². The van der Waals surface area contributed by atoms with Gasteiger partial charge >= 0.3 is 5.91 Å². The zero-order chi connectivity index (χ0) is 16.9. The molecule has 2 aromatic heterocycles. The molecule has 0 fully saturated rings. The molecule has 1 aromatic carbocycles. The van der Waals surface area contributed by atoms with Crippen LogP contribution in [0.15, 0.2) is 58.2 Å². The summed E-state index contributed by atoms with van der Waals surface area (Å²) in [4.78, 5) is 28.0. The molecule has 0 spiro atoms. The van der Waals surface area contributed by atoms with E-state index in [4.69, 9.17) is 4.42 Å². The number of rotatable bonds is 4. The van der Waals surface area contributed by atoms with Crippen LogP contribution in [0.3, 0.4) is 0 Å². The van der Waals surface area contributed by atoms with Gasteiger partial charge in [-0.1, -0.05) is 30.0 Å². The summed E-state index contributed by atoms with van der Waals surface area (Å²) in [7, 11) is 0. The number of carbonyl (C=O) groups excluding carboxylic acids is 2. The lowest BCUT2D eigenvalue weighted by molar-refractivity contribution is -0.119. The number of benzene rings is 1. The van der Waals surface area contributed by atoms with Crippen LogP contribution < -0.4 is 10.9 Å². The number of pyridine rings is 1. The summed E-state index contributed by atoms with van der Waals surface area (Å²) in [5.74, 6) is -0.552. The maximum Gasteiger partial charge on any atom is 0.305 e. The first-order valence-electron chi connectivity index (χ1n) is 7.25. The van der Waals surface area contributed by atoms with Crippen molar-refractivity contribution < 1.29 is 14.0 Å². The van der Waals surface area contributed by atoms with E-state index in [1.165, 1.54) is 24.1 Å². The summed E-state index contributed by atoms with van der Waals surface area (Å²) in [6.07, 6.45) is 1.39. The number of nitrogens with one attached hydrogen (secondary N) is 2. The lowest BCUT2D eigenvalue weighted by Crippen LogP contribution is -2.42. The molecule has 2 heterocycles. The van der Waals surface area contributed by atoms with Crippen molar-refractivity contribution in [1.82, 2.24) is 15.8 Å². The van der Waals surface area contributed by atoms with Crippen molar-refractivity contribution in [1.29, 1.82) is 0 Å². The molecule has 2 amide bonds. The first-order valence-corrected chi connectivity index (χ1v) is 8.24. The summed E-state index contributed by atoms with van der Waals surface area (Å²) >= 11 is 1.31. The summed E-state index contributed by atoms with van der Waals surface area (Å²) in [5, 5.41) is 1.86. The predicted molar refractivity (Wildman–Crippen MR) is 91.5 cm³/mol. The Kier molecular flexibility index (Phi) is 4.81. The first kappa shape index (κ1) is 16.1. The van der Waals surface area contributed by atoms with Gasteiger partial charge in [-0.2, -0.15) is 0 Å². The number of fused-ring (bicyclic) bond motifs is 1. The first-order chi connectivity index (χ1) is 11.6. The molecule has 0 aliphatic heterocycles. The van der Waals surface area contributed by atoms with Crippen molar-refractivity contribution in [2.45, 2.75) is 11.9 Å². The summed E-state index contributed by atoms with van der Waals surface area (Å²) in [5.41, 5.74) is 6.64. The highest BCUT2D eigenvalue weighted by atomic mass is 32.2. The molecule has 6 nitrogen and oxygen atoms in total. The molecule has 0 bridgehead atoms. The Morgan fingerprint density at radius 2 is 2.00 bits per heavy atom. The van der Waals surface area contributed by atoms with Crippen LogP contribution in [0.4, 0.5) is 0 Å². The maximum atomic E-state index is 11.8. The van der Waals surface area contributed by atoms with Crippen LogP contribution in [0.25, 0.3) is 10.9 Å². The van der Waals surface area contributed by atoms with Gasteiger partial charge in [0.25, 0.3) is 0 Å². The third-order valence-electron chi connectivity index (χ3n) is 3.31. The Hall–Kier alpha value is -2.80. The van der Waals surface area contributed by atoms with Crippen LogP contribution >= 0.6 is 11.8 Å². The zero-order valence-corrected chi connectivity index (χ0v) is 13.7. The number of hydrazine groups is 1. The van der Waals surface area contributed by atoms with E-state index in [0.717, 1.165) is 21.5 Å². The van der Waals surface area contributed by atoms with Crippen molar-refractivity contribution in [3.63, 3.8) is 0 Å². The van der Waals surface area contributed by atoms with E-state index in [-0.39, 0.29) is 17.4 Å². The molecule has 0 saturated carbocycles. The SMILES string of the molecule is Cc1cc(SCC(=O)NNC(=O)c2ccco2)nc2ccccc12. The van der Waals surface area contributed by atoms with Gasteiger partial charge in [-0.25, -0.2) is 4.98 Å². The van der Waals surface area contributed by atoms with Crippen LogP contribution in [-0.4, -0.2) is 22.6 Å². The second-order valence-corrected chi connectivity index (χ2v) is 6.06. The summed E-state index contributed by atoms with van der Waals surface area (Å²) < 4.78 is 4.93. The molecule has 0 saturated heterocycles. The molecule has 0 atom stereocenters. The highest BCUT2D eigenvalue weighted by Gasteiger charge is 2.10. The highest BCUT2D eigenvalue weighted by Crippen LogP contribution is 2.23. The largest absolute Gasteiger partial charge is 0.459 e. The van der Waals surface area contributed by atoms with Crippen LogP contribution in [-0.2, 0) is 4.79 Å². The third kappa shape index (κ3) is 3.75. The molecule has 0 aliphatic rings. The summed E-state index contributed by atoms with van der Waals surface area (Å²) in [6, 6.07) is 12.9. The number of nitrogens with zero attached hydrogens (tertiary/aromatic N) is 1. The van der Waals surface area contributed by atoms with Crippen LogP contribution in [0.5, 0.6) is 0 Å². The smallest absolute Gasteiger partial charge is 0.305 e. The number of amides is 2. The van der Waals surface area contributed by atoms with Gasteiger partial charge in [0, 0.05) is 5.39 Å². The van der Waals surface area contributed by atoms with Gasteiger partial charge in [0.05, 0.1) is 22.6 Å². The van der Waals surface area contributed by atoms with E-state index < -0.39 is 5.91 Å². The third-order valence-corrected chi connectivity index (χ3v) is 4.22. The lowest BCUT2D eigenvalue weighted by atomic mass is 10.1. The molecule has 2 N–H and O–H groups in total. The van der Waals surface area contributed by atoms with Gasteiger partial charge in [-0.3, -0.25) is 20.4 Å². The Morgan fingerprint density at radius 1 is 1.17 bits per heavy atom. The van der Waals surface area contributed by atoms with Gasteiger partial charge in [0.1, 0.15) is 0 Å². The molecule has 7 heteroatoms. The number of furan rings is 1. The van der Waals surface area contributed by atoms with Crippen molar-refractivity contribution in [3.05, 3.63) is 60.1 Å². The number of carbonyl (C=O) groups is 2. The standard InChI is InChI=1S/C17H15N3O3S/c1-11-9-16(18-13-6-3-2-5-12(11)13)24-10-15(21)19-20-17(22)14-7-4-8-23-14/h2-9H,10H2,1H3,(H,19,21)(H,20,22). The van der Waals surface area contributed by atoms with Crippen LogP contribution in [0.2, 0.25) is 0 Å². The van der Waals surface area contributed by atoms with Crippen molar-refractivity contribution in [3.8, 4) is 0 Å². The topological polar surface area (TPSA) is 84.2 Å². The minimum Gasteiger partial charge on any atom is -0.459 e. The quantitative estimate of drug-likeness (QED) is 0.563. The monoisotopic (exact) mass is 341 g/mol.